The number of allylic oxidation sites excluding steroid dienone is 3. The van der Waals surface area contributed by atoms with E-state index in [2.05, 4.69) is 105 Å². The Morgan fingerprint density at radius 1 is 0.293 bits per heavy atom. The average molecular weight is 1310 g/mol. The molecular weight excluding hydrogens is 1240 g/mol. The van der Waals surface area contributed by atoms with E-state index in [4.69, 9.17) is 0 Å². The first-order valence-electron chi connectivity index (χ1n) is 31.0. The van der Waals surface area contributed by atoms with Gasteiger partial charge in [0.05, 0.1) is 68.7 Å². The summed E-state index contributed by atoms with van der Waals surface area (Å²) in [6.45, 7) is 17.7. The maximum absolute atomic E-state index is 15.4. The van der Waals surface area contributed by atoms with Crippen molar-refractivity contribution in [3.63, 3.8) is 0 Å². The van der Waals surface area contributed by atoms with Gasteiger partial charge < -0.3 is 46.6 Å². The quantitative estimate of drug-likeness (QED) is 0.0238. The Labute approximate surface area is 578 Å². The second-order valence-corrected chi connectivity index (χ2v) is 26.1. The van der Waals surface area contributed by atoms with Crippen molar-refractivity contribution in [1.29, 1.82) is 15.8 Å². The van der Waals surface area contributed by atoms with Crippen LogP contribution >= 0.6 is 0 Å². The van der Waals surface area contributed by atoms with E-state index in [1.165, 1.54) is 83.1 Å². The van der Waals surface area contributed by atoms with Crippen LogP contribution in [-0.2, 0) is 14.4 Å². The van der Waals surface area contributed by atoms with Crippen LogP contribution in [0.15, 0.2) is 145 Å². The summed E-state index contributed by atoms with van der Waals surface area (Å²) < 4.78 is 0. The highest BCUT2D eigenvalue weighted by atomic mass is 16.3. The van der Waals surface area contributed by atoms with Crippen LogP contribution in [0.5, 0.6) is 0 Å². The number of carbonyl (C=O) groups is 3. The van der Waals surface area contributed by atoms with E-state index in [1.54, 1.807) is 146 Å². The first-order valence-corrected chi connectivity index (χ1v) is 31.0. The van der Waals surface area contributed by atoms with Crippen molar-refractivity contribution < 1.29 is 45.0 Å². The van der Waals surface area contributed by atoms with Crippen LogP contribution in [0.2, 0.25) is 0 Å². The molecule has 0 atom stereocenters. The van der Waals surface area contributed by atoms with E-state index in [1.807, 2.05) is 0 Å². The SMILES string of the molecule is CC(C)(O)C#Cc1cc(/C=C/c2ccc(C#N)cc2)cc(C#CC(C)(C)O)c1NC=C1C(=O)C(=CNc2c(C#CC(C)(C)O)cc(/C=C/c3ccc(C#N)cc3)cc2C#CC(C)(C)O)C(=O)C(=CNc2c(C#CC(C)(C)O)cc(/C=C/c3ccc(C#N)cc3)cc2C#CC(C)(C)O)C1=O. The molecule has 15 heteroatoms. The Morgan fingerprint density at radius 2 is 0.465 bits per heavy atom. The minimum absolute atomic E-state index is 0.119. The van der Waals surface area contributed by atoms with Gasteiger partial charge in [-0.25, -0.2) is 0 Å². The van der Waals surface area contributed by atoms with Gasteiger partial charge >= 0.3 is 0 Å². The molecule has 9 N–H and O–H groups in total. The molecule has 7 rings (SSSR count). The van der Waals surface area contributed by atoms with Crippen molar-refractivity contribution in [3.05, 3.63) is 228 Å². The highest BCUT2D eigenvalue weighted by Gasteiger charge is 2.39. The summed E-state index contributed by atoms with van der Waals surface area (Å²) in [6, 6.07) is 36.9. The molecule has 0 unspecified atom stereocenters. The molecule has 1 aliphatic carbocycles. The highest BCUT2D eigenvalue weighted by molar-refractivity contribution is 6.52. The Balaban J connectivity index is 1.51. The minimum atomic E-state index is -1.54. The molecule has 0 saturated heterocycles. The number of anilines is 3. The second kappa shape index (κ2) is 31.1. The first-order chi connectivity index (χ1) is 46.3. The number of hydrogen-bond acceptors (Lipinski definition) is 15. The zero-order valence-corrected chi connectivity index (χ0v) is 56.8. The van der Waals surface area contributed by atoms with Crippen LogP contribution in [0.1, 0.15) is 167 Å². The van der Waals surface area contributed by atoms with Crippen molar-refractivity contribution >= 4 is 70.9 Å². The van der Waals surface area contributed by atoms with Gasteiger partial charge in [0.2, 0.25) is 17.3 Å². The molecule has 99 heavy (non-hydrogen) atoms. The Morgan fingerprint density at radius 3 is 0.626 bits per heavy atom. The molecule has 15 nitrogen and oxygen atoms in total. The van der Waals surface area contributed by atoms with E-state index in [0.29, 0.717) is 33.4 Å². The van der Waals surface area contributed by atoms with Gasteiger partial charge in [0.15, 0.2) is 0 Å². The molecule has 1 saturated carbocycles. The van der Waals surface area contributed by atoms with E-state index in [0.717, 1.165) is 35.3 Å². The summed E-state index contributed by atoms with van der Waals surface area (Å²) in [5.74, 6) is 31.7. The number of nitriles is 3. The molecule has 0 amide bonds. The van der Waals surface area contributed by atoms with Crippen molar-refractivity contribution in [1.82, 2.24) is 0 Å². The summed E-state index contributed by atoms with van der Waals surface area (Å²) >= 11 is 0. The van der Waals surface area contributed by atoms with Gasteiger partial charge in [-0.05, 0) is 189 Å². The Kier molecular flexibility index (Phi) is 23.3. The Bertz CT molecular complexity index is 4280. The zero-order chi connectivity index (χ0) is 72.7. The van der Waals surface area contributed by atoms with Crippen molar-refractivity contribution in [2.75, 3.05) is 16.0 Å². The van der Waals surface area contributed by atoms with Crippen LogP contribution in [-0.4, -0.2) is 81.6 Å². The summed E-state index contributed by atoms with van der Waals surface area (Å²) in [6.07, 6.45) is 13.9. The number of benzene rings is 6. The summed E-state index contributed by atoms with van der Waals surface area (Å²) in [5, 5.41) is 103. The molecular formula is C84H72N6O9. The molecule has 0 bridgehead atoms. The molecule has 1 fully saturated rings. The predicted octanol–water partition coefficient (Wildman–Crippen LogP) is 11.6. The van der Waals surface area contributed by atoms with Gasteiger partial charge in [0.25, 0.3) is 0 Å². The fourth-order valence-corrected chi connectivity index (χ4v) is 8.82. The largest absolute Gasteiger partial charge is 0.378 e. The standard InChI is InChI=1S/C84H72N6O9/c1-79(2,94)37-31-64-43-61(28-19-55-13-22-58(49-85)23-14-55)44-65(32-38-80(3,4)95)73(64)88-52-70-76(91)71(53-89-74-66(33-39-81(5,6)96)45-62(46-67(74)34-40-82(7,8)97)29-20-56-15-24-59(50-86)25-16-56)78(93)72(77(70)92)54-90-75-68(35-41-83(9,10)98)47-63(48-69(75)36-42-84(11,12)99)30-21-57-17-26-60(51-87)27-18-57/h13-30,43-48,52-54,88-90,94-99H,1-12H3/b28-19+,29-20+,30-21+,70-52?,71-53?,72-54?. The van der Waals surface area contributed by atoms with E-state index >= 15 is 14.4 Å². The fraction of sp³-hybridized carbons (Fsp3) is 0.214. The average Bonchev–Trinajstić information content (AvgIpc) is 0.787. The lowest BCUT2D eigenvalue weighted by atomic mass is 9.84. The lowest BCUT2D eigenvalue weighted by molar-refractivity contribution is -0.124. The van der Waals surface area contributed by atoms with E-state index < -0.39 is 67.7 Å². The third-order valence-electron chi connectivity index (χ3n) is 13.6. The lowest BCUT2D eigenvalue weighted by Gasteiger charge is -2.20. The number of rotatable bonds is 12. The number of aliphatic hydroxyl groups is 6. The maximum atomic E-state index is 15.4. The fourth-order valence-electron chi connectivity index (χ4n) is 8.82. The monoisotopic (exact) mass is 1310 g/mol. The normalized spacial score (nSPS) is 12.5. The second-order valence-electron chi connectivity index (χ2n) is 26.1. The van der Waals surface area contributed by atoms with Crippen molar-refractivity contribution in [2.45, 2.75) is 117 Å². The first kappa shape index (κ1) is 74.2. The number of nitrogens with zero attached hydrogens (tertiary/aromatic N) is 3. The van der Waals surface area contributed by atoms with Crippen LogP contribution in [0.3, 0.4) is 0 Å². The molecule has 6 aromatic carbocycles. The number of hydrogen-bond donors (Lipinski definition) is 9. The zero-order valence-electron chi connectivity index (χ0n) is 56.8. The minimum Gasteiger partial charge on any atom is -0.378 e. The molecule has 6 aromatic rings. The van der Waals surface area contributed by atoms with Gasteiger partial charge in [0, 0.05) is 52.0 Å². The number of carbonyl (C=O) groups excluding carboxylic acids is 3. The van der Waals surface area contributed by atoms with Crippen LogP contribution in [0.4, 0.5) is 17.1 Å². The van der Waals surface area contributed by atoms with Gasteiger partial charge in [-0.1, -0.05) is 144 Å². The van der Waals surface area contributed by atoms with Crippen LogP contribution < -0.4 is 16.0 Å². The molecule has 0 spiro atoms. The molecule has 0 aromatic heterocycles. The third-order valence-corrected chi connectivity index (χ3v) is 13.6. The number of nitrogens with one attached hydrogen (secondary N) is 3. The number of ketones is 3. The summed E-state index contributed by atoms with van der Waals surface area (Å²) in [5.41, 5.74) is -4.13. The molecule has 0 radical (unpaired) electrons. The highest BCUT2D eigenvalue weighted by Crippen LogP contribution is 2.32. The number of Topliss-reactive ketones (excluding diaryl/α,β-unsaturated/α-hetero) is 3. The van der Waals surface area contributed by atoms with Crippen molar-refractivity contribution in [3.8, 4) is 89.3 Å². The smallest absolute Gasteiger partial charge is 0.203 e. The van der Waals surface area contributed by atoms with Crippen LogP contribution in [0.25, 0.3) is 36.5 Å². The maximum Gasteiger partial charge on any atom is 0.203 e. The van der Waals surface area contributed by atoms with E-state index in [-0.39, 0.29) is 50.4 Å². The summed E-state index contributed by atoms with van der Waals surface area (Å²) in [4.78, 5) is 46.2. The topological polar surface area (TPSA) is 280 Å². The third kappa shape index (κ3) is 23.0. The van der Waals surface area contributed by atoms with Gasteiger partial charge in [0.1, 0.15) is 33.6 Å². The molecule has 1 aliphatic rings. The van der Waals surface area contributed by atoms with Crippen LogP contribution in [0, 0.1) is 105 Å². The lowest BCUT2D eigenvalue weighted by Crippen LogP contribution is -2.33. The Hall–Kier alpha value is -12.2. The molecule has 0 aliphatic heterocycles. The predicted molar refractivity (Wildman–Crippen MR) is 389 cm³/mol. The van der Waals surface area contributed by atoms with Gasteiger partial charge in [-0.2, -0.15) is 15.8 Å². The van der Waals surface area contributed by atoms with Gasteiger partial charge in [-0.15, -0.1) is 0 Å². The van der Waals surface area contributed by atoms with E-state index in [9.17, 15) is 46.4 Å². The van der Waals surface area contributed by atoms with Crippen molar-refractivity contribution in [2.24, 2.45) is 0 Å². The molecule has 0 heterocycles. The molecule has 492 valence electrons. The van der Waals surface area contributed by atoms with Gasteiger partial charge in [-0.3, -0.25) is 14.4 Å². The summed E-state index contributed by atoms with van der Waals surface area (Å²) in [7, 11) is 0.